The van der Waals surface area contributed by atoms with E-state index in [1.165, 1.54) is 12.8 Å². The number of piperidine rings is 1. The van der Waals surface area contributed by atoms with Crippen molar-refractivity contribution in [2.45, 2.75) is 52.0 Å². The van der Waals surface area contributed by atoms with Gasteiger partial charge in [0.1, 0.15) is 0 Å². The normalized spacial score (nSPS) is 19.4. The van der Waals surface area contributed by atoms with Crippen molar-refractivity contribution in [2.75, 3.05) is 12.3 Å². The summed E-state index contributed by atoms with van der Waals surface area (Å²) >= 11 is 0. The van der Waals surface area contributed by atoms with E-state index in [0.29, 0.717) is 17.6 Å². The monoisotopic (exact) mass is 274 g/mol. The lowest BCUT2D eigenvalue weighted by Gasteiger charge is -2.36. The quantitative estimate of drug-likeness (QED) is 0.851. The fourth-order valence-electron chi connectivity index (χ4n) is 2.93. The lowest BCUT2D eigenvalue weighted by molar-refractivity contribution is 0.0594. The molecule has 3 heteroatoms. The molecule has 2 rings (SSSR count). The summed E-state index contributed by atoms with van der Waals surface area (Å²) in [7, 11) is 0. The van der Waals surface area contributed by atoms with Gasteiger partial charge in [-0.3, -0.25) is 4.79 Å². The fraction of sp³-hybridized carbons (Fsp3) is 0.588. The molecule has 3 nitrogen and oxygen atoms in total. The number of nitrogens with zero attached hydrogens (tertiary/aromatic N) is 1. The topological polar surface area (TPSA) is 46.3 Å². The van der Waals surface area contributed by atoms with Gasteiger partial charge in [-0.2, -0.15) is 0 Å². The van der Waals surface area contributed by atoms with Gasteiger partial charge in [-0.05, 0) is 56.2 Å². The van der Waals surface area contributed by atoms with Crippen molar-refractivity contribution < 1.29 is 4.79 Å². The molecule has 0 radical (unpaired) electrons. The van der Waals surface area contributed by atoms with Crippen LogP contribution in [-0.2, 0) is 0 Å². The fourth-order valence-corrected chi connectivity index (χ4v) is 2.93. The van der Waals surface area contributed by atoms with E-state index in [1.54, 1.807) is 6.07 Å². The lowest BCUT2D eigenvalue weighted by atomic mass is 9.94. The molecule has 110 valence electrons. The smallest absolute Gasteiger partial charge is 0.254 e. The third kappa shape index (κ3) is 3.75. The van der Waals surface area contributed by atoms with E-state index < -0.39 is 0 Å². The number of carbonyl (C=O) groups is 1. The van der Waals surface area contributed by atoms with Gasteiger partial charge in [0, 0.05) is 23.8 Å². The van der Waals surface area contributed by atoms with Crippen molar-refractivity contribution >= 4 is 11.6 Å². The van der Waals surface area contributed by atoms with Gasteiger partial charge >= 0.3 is 0 Å². The predicted octanol–water partition coefficient (Wildman–Crippen LogP) is 3.70. The maximum Gasteiger partial charge on any atom is 0.254 e. The van der Waals surface area contributed by atoms with Crippen LogP contribution in [0.1, 0.15) is 56.3 Å². The molecule has 1 aromatic carbocycles. The van der Waals surface area contributed by atoms with Crippen LogP contribution in [0.2, 0.25) is 0 Å². The van der Waals surface area contributed by atoms with Crippen LogP contribution in [0, 0.1) is 5.92 Å². The first kappa shape index (κ1) is 14.9. The number of hydrogen-bond donors (Lipinski definition) is 1. The Labute approximate surface area is 122 Å². The molecule has 0 saturated carbocycles. The molecule has 1 aromatic rings. The molecule has 1 heterocycles. The average molecular weight is 274 g/mol. The van der Waals surface area contributed by atoms with E-state index in [1.807, 2.05) is 18.2 Å². The molecule has 0 aromatic heterocycles. The third-order valence-electron chi connectivity index (χ3n) is 4.10. The Kier molecular flexibility index (Phi) is 5.05. The second kappa shape index (κ2) is 6.78. The summed E-state index contributed by atoms with van der Waals surface area (Å²) in [5, 5.41) is 0. The Hall–Kier alpha value is -1.51. The largest absolute Gasteiger partial charge is 0.399 e. The van der Waals surface area contributed by atoms with Crippen LogP contribution >= 0.6 is 0 Å². The summed E-state index contributed by atoms with van der Waals surface area (Å²) in [4.78, 5) is 14.7. The van der Waals surface area contributed by atoms with E-state index >= 15 is 0 Å². The third-order valence-corrected chi connectivity index (χ3v) is 4.10. The van der Waals surface area contributed by atoms with Gasteiger partial charge in [0.2, 0.25) is 0 Å². The van der Waals surface area contributed by atoms with E-state index in [2.05, 4.69) is 18.7 Å². The van der Waals surface area contributed by atoms with Gasteiger partial charge in [0.15, 0.2) is 0 Å². The summed E-state index contributed by atoms with van der Waals surface area (Å²) in [6, 6.07) is 7.74. The Morgan fingerprint density at radius 1 is 1.40 bits per heavy atom. The Bertz CT molecular complexity index is 456. The SMILES string of the molecule is CC(C)CCC1CCCCN1C(=O)c1cccc(N)c1. The van der Waals surface area contributed by atoms with Gasteiger partial charge in [-0.1, -0.05) is 19.9 Å². The van der Waals surface area contributed by atoms with Crippen LogP contribution in [0.3, 0.4) is 0 Å². The average Bonchev–Trinajstić information content (AvgIpc) is 2.44. The van der Waals surface area contributed by atoms with Crippen LogP contribution in [0.15, 0.2) is 24.3 Å². The number of carbonyl (C=O) groups excluding carboxylic acids is 1. The van der Waals surface area contributed by atoms with E-state index in [4.69, 9.17) is 5.73 Å². The Morgan fingerprint density at radius 3 is 2.90 bits per heavy atom. The number of hydrogen-bond acceptors (Lipinski definition) is 2. The second-order valence-corrected chi connectivity index (χ2v) is 6.24. The number of nitrogen functional groups attached to an aromatic ring is 1. The molecule has 1 unspecified atom stereocenters. The zero-order valence-electron chi connectivity index (χ0n) is 12.6. The highest BCUT2D eigenvalue weighted by Gasteiger charge is 2.27. The predicted molar refractivity (Wildman–Crippen MR) is 83.6 cm³/mol. The van der Waals surface area contributed by atoms with Gasteiger partial charge in [0.05, 0.1) is 0 Å². The highest BCUT2D eigenvalue weighted by Crippen LogP contribution is 2.24. The van der Waals surface area contributed by atoms with E-state index in [0.717, 1.165) is 31.4 Å². The van der Waals surface area contributed by atoms with Gasteiger partial charge in [-0.15, -0.1) is 0 Å². The minimum Gasteiger partial charge on any atom is -0.399 e. The molecule has 1 atom stereocenters. The number of likely N-dealkylation sites (tertiary alicyclic amines) is 1. The highest BCUT2D eigenvalue weighted by atomic mass is 16.2. The van der Waals surface area contributed by atoms with Gasteiger partial charge in [-0.25, -0.2) is 0 Å². The molecule has 1 aliphatic heterocycles. The second-order valence-electron chi connectivity index (χ2n) is 6.24. The van der Waals surface area contributed by atoms with Crippen LogP contribution in [0.25, 0.3) is 0 Å². The highest BCUT2D eigenvalue weighted by molar-refractivity contribution is 5.95. The molecule has 0 aliphatic carbocycles. The zero-order chi connectivity index (χ0) is 14.5. The maximum absolute atomic E-state index is 12.7. The molecule has 0 spiro atoms. The summed E-state index contributed by atoms with van der Waals surface area (Å²) < 4.78 is 0. The van der Waals surface area contributed by atoms with Crippen LogP contribution in [0.5, 0.6) is 0 Å². The van der Waals surface area contributed by atoms with Gasteiger partial charge < -0.3 is 10.6 Å². The standard InChI is InChI=1S/C17H26N2O/c1-13(2)9-10-16-8-3-4-11-19(16)17(20)14-6-5-7-15(18)12-14/h5-7,12-13,16H,3-4,8-11,18H2,1-2H3. The van der Waals surface area contributed by atoms with Crippen molar-refractivity contribution in [1.29, 1.82) is 0 Å². The zero-order valence-corrected chi connectivity index (χ0v) is 12.6. The van der Waals surface area contributed by atoms with Crippen LogP contribution in [0.4, 0.5) is 5.69 Å². The minimum atomic E-state index is 0.144. The molecule has 2 N–H and O–H groups in total. The molecule has 1 aliphatic rings. The summed E-state index contributed by atoms with van der Waals surface area (Å²) in [6.45, 7) is 5.37. The molecule has 1 saturated heterocycles. The van der Waals surface area contributed by atoms with E-state index in [-0.39, 0.29) is 5.91 Å². The first-order valence-electron chi connectivity index (χ1n) is 7.74. The molecule has 1 amide bonds. The number of anilines is 1. The number of amides is 1. The Morgan fingerprint density at radius 2 is 2.20 bits per heavy atom. The first-order chi connectivity index (χ1) is 9.58. The number of rotatable bonds is 4. The van der Waals surface area contributed by atoms with Crippen molar-refractivity contribution in [2.24, 2.45) is 5.92 Å². The minimum absolute atomic E-state index is 0.144. The number of benzene rings is 1. The van der Waals surface area contributed by atoms with E-state index in [9.17, 15) is 4.79 Å². The van der Waals surface area contributed by atoms with Crippen molar-refractivity contribution in [3.8, 4) is 0 Å². The first-order valence-corrected chi connectivity index (χ1v) is 7.74. The number of nitrogens with two attached hydrogens (primary N) is 1. The molecule has 1 fully saturated rings. The Balaban J connectivity index is 2.08. The molecule has 20 heavy (non-hydrogen) atoms. The van der Waals surface area contributed by atoms with Crippen LogP contribution < -0.4 is 5.73 Å². The van der Waals surface area contributed by atoms with Crippen molar-refractivity contribution in [1.82, 2.24) is 4.90 Å². The molecular formula is C17H26N2O. The van der Waals surface area contributed by atoms with Crippen LogP contribution in [-0.4, -0.2) is 23.4 Å². The molecule has 0 bridgehead atoms. The maximum atomic E-state index is 12.7. The molecular weight excluding hydrogens is 248 g/mol. The lowest BCUT2D eigenvalue weighted by Crippen LogP contribution is -2.43. The van der Waals surface area contributed by atoms with Gasteiger partial charge in [0.25, 0.3) is 5.91 Å². The van der Waals surface area contributed by atoms with Crippen molar-refractivity contribution in [3.63, 3.8) is 0 Å². The summed E-state index contributed by atoms with van der Waals surface area (Å²) in [5.74, 6) is 0.840. The summed E-state index contributed by atoms with van der Waals surface area (Å²) in [6.07, 6.45) is 5.80. The summed E-state index contributed by atoms with van der Waals surface area (Å²) in [5.41, 5.74) is 7.17. The van der Waals surface area contributed by atoms with Crippen molar-refractivity contribution in [3.05, 3.63) is 29.8 Å².